The maximum atomic E-state index is 12.3. The van der Waals surface area contributed by atoms with Gasteiger partial charge in [-0.05, 0) is 24.3 Å². The second kappa shape index (κ2) is 6.90. The number of halogens is 1. The number of para-hydroxylation sites is 1. The Kier molecular flexibility index (Phi) is 4.95. The van der Waals surface area contributed by atoms with Crippen LogP contribution >= 0.6 is 11.6 Å². The summed E-state index contributed by atoms with van der Waals surface area (Å²) in [6.07, 6.45) is 0. The van der Waals surface area contributed by atoms with E-state index in [1.54, 1.807) is 30.3 Å². The fourth-order valence-corrected chi connectivity index (χ4v) is 1.96. The Bertz CT molecular complexity index is 656. The van der Waals surface area contributed by atoms with E-state index in [0.29, 0.717) is 21.8 Å². The third-order valence-corrected chi connectivity index (χ3v) is 3.01. The van der Waals surface area contributed by atoms with Crippen molar-refractivity contribution in [3.05, 3.63) is 64.7 Å². The fourth-order valence-electron chi connectivity index (χ4n) is 1.79. The normalized spacial score (nSPS) is 10.0. The van der Waals surface area contributed by atoms with Crippen molar-refractivity contribution in [1.82, 2.24) is 0 Å². The quantitative estimate of drug-likeness (QED) is 0.877. The van der Waals surface area contributed by atoms with Gasteiger partial charge < -0.3 is 10.1 Å². The van der Waals surface area contributed by atoms with Crippen LogP contribution in [0.3, 0.4) is 0 Å². The van der Waals surface area contributed by atoms with Crippen molar-refractivity contribution in [3.63, 3.8) is 0 Å². The Morgan fingerprint density at radius 2 is 1.86 bits per heavy atom. The van der Waals surface area contributed by atoms with E-state index in [9.17, 15) is 9.59 Å². The first-order valence-electron chi connectivity index (χ1n) is 6.34. The number of hydrogen-bond donors (Lipinski definition) is 1. The molecule has 2 rings (SSSR count). The molecule has 2 aromatic carbocycles. The number of esters is 1. The zero-order valence-electron chi connectivity index (χ0n) is 11.4. The first-order valence-corrected chi connectivity index (χ1v) is 6.72. The molecule has 0 spiro atoms. The SMILES string of the molecule is CC(=O)OCc1ccc(Cl)cc1C(=O)Nc1ccccc1. The van der Waals surface area contributed by atoms with E-state index in [4.69, 9.17) is 16.3 Å². The summed E-state index contributed by atoms with van der Waals surface area (Å²) in [5.74, 6) is -0.704. The molecule has 0 heterocycles. The van der Waals surface area contributed by atoms with E-state index in [-0.39, 0.29) is 12.5 Å². The van der Waals surface area contributed by atoms with Gasteiger partial charge in [0, 0.05) is 28.8 Å². The molecular weight excluding hydrogens is 290 g/mol. The predicted octanol–water partition coefficient (Wildman–Crippen LogP) is 3.66. The molecule has 0 saturated carbocycles. The van der Waals surface area contributed by atoms with Gasteiger partial charge in [0.2, 0.25) is 0 Å². The molecule has 0 aromatic heterocycles. The molecule has 4 nitrogen and oxygen atoms in total. The van der Waals surface area contributed by atoms with Crippen molar-refractivity contribution >= 4 is 29.2 Å². The van der Waals surface area contributed by atoms with Crippen LogP contribution in [-0.4, -0.2) is 11.9 Å². The van der Waals surface area contributed by atoms with Gasteiger partial charge in [0.1, 0.15) is 6.61 Å². The molecule has 0 unspecified atom stereocenters. The summed E-state index contributed by atoms with van der Waals surface area (Å²) in [5.41, 5.74) is 1.66. The van der Waals surface area contributed by atoms with Crippen molar-refractivity contribution in [2.75, 3.05) is 5.32 Å². The molecule has 2 aromatic rings. The Morgan fingerprint density at radius 1 is 1.14 bits per heavy atom. The fraction of sp³-hybridized carbons (Fsp3) is 0.125. The van der Waals surface area contributed by atoms with Crippen LogP contribution in [-0.2, 0) is 16.1 Å². The second-order valence-electron chi connectivity index (χ2n) is 4.40. The topological polar surface area (TPSA) is 55.4 Å². The van der Waals surface area contributed by atoms with Crippen LogP contribution in [0.25, 0.3) is 0 Å². The largest absolute Gasteiger partial charge is 0.461 e. The monoisotopic (exact) mass is 303 g/mol. The minimum absolute atomic E-state index is 0.0318. The third kappa shape index (κ3) is 4.33. The number of ether oxygens (including phenoxy) is 1. The van der Waals surface area contributed by atoms with Crippen LogP contribution < -0.4 is 5.32 Å². The number of amides is 1. The summed E-state index contributed by atoms with van der Waals surface area (Å²) in [6, 6.07) is 14.0. The molecule has 108 valence electrons. The minimum atomic E-state index is -0.403. The molecular formula is C16H14ClNO3. The number of rotatable bonds is 4. The van der Waals surface area contributed by atoms with Gasteiger partial charge in [-0.3, -0.25) is 9.59 Å². The summed E-state index contributed by atoms with van der Waals surface area (Å²) in [5, 5.41) is 3.22. The molecule has 0 radical (unpaired) electrons. The highest BCUT2D eigenvalue weighted by Gasteiger charge is 2.13. The van der Waals surface area contributed by atoms with Crippen molar-refractivity contribution in [3.8, 4) is 0 Å². The maximum absolute atomic E-state index is 12.3. The smallest absolute Gasteiger partial charge is 0.302 e. The summed E-state index contributed by atoms with van der Waals surface area (Å²) in [6.45, 7) is 1.35. The van der Waals surface area contributed by atoms with Gasteiger partial charge in [-0.15, -0.1) is 0 Å². The highest BCUT2D eigenvalue weighted by atomic mass is 35.5. The Morgan fingerprint density at radius 3 is 2.52 bits per heavy atom. The van der Waals surface area contributed by atoms with E-state index in [0.717, 1.165) is 0 Å². The molecule has 0 aliphatic rings. The van der Waals surface area contributed by atoms with Gasteiger partial charge in [0.25, 0.3) is 5.91 Å². The summed E-state index contributed by atoms with van der Waals surface area (Å²) in [7, 11) is 0. The lowest BCUT2D eigenvalue weighted by molar-refractivity contribution is -0.142. The molecule has 21 heavy (non-hydrogen) atoms. The van der Waals surface area contributed by atoms with Crippen molar-refractivity contribution in [1.29, 1.82) is 0 Å². The molecule has 0 fully saturated rings. The average Bonchev–Trinajstić information content (AvgIpc) is 2.46. The van der Waals surface area contributed by atoms with Crippen LogP contribution in [0.15, 0.2) is 48.5 Å². The lowest BCUT2D eigenvalue weighted by Crippen LogP contribution is -2.15. The zero-order valence-corrected chi connectivity index (χ0v) is 12.2. The van der Waals surface area contributed by atoms with Gasteiger partial charge in [0.15, 0.2) is 0 Å². The standard InChI is InChI=1S/C16H14ClNO3/c1-11(19)21-10-12-7-8-13(17)9-15(12)16(20)18-14-5-3-2-4-6-14/h2-9H,10H2,1H3,(H,18,20). The molecule has 0 atom stereocenters. The zero-order chi connectivity index (χ0) is 15.2. The van der Waals surface area contributed by atoms with Crippen LogP contribution in [0.4, 0.5) is 5.69 Å². The molecule has 0 saturated heterocycles. The Balaban J connectivity index is 2.22. The Hall–Kier alpha value is -2.33. The maximum Gasteiger partial charge on any atom is 0.302 e. The van der Waals surface area contributed by atoms with Crippen molar-refractivity contribution in [2.45, 2.75) is 13.5 Å². The number of carbonyl (C=O) groups excluding carboxylic acids is 2. The lowest BCUT2D eigenvalue weighted by atomic mass is 10.1. The number of hydrogen-bond acceptors (Lipinski definition) is 3. The first kappa shape index (κ1) is 15.1. The highest BCUT2D eigenvalue weighted by molar-refractivity contribution is 6.31. The van der Waals surface area contributed by atoms with Gasteiger partial charge in [-0.1, -0.05) is 35.9 Å². The third-order valence-electron chi connectivity index (χ3n) is 2.78. The van der Waals surface area contributed by atoms with Crippen LogP contribution in [0.2, 0.25) is 5.02 Å². The van der Waals surface area contributed by atoms with E-state index in [1.165, 1.54) is 6.92 Å². The average molecular weight is 304 g/mol. The highest BCUT2D eigenvalue weighted by Crippen LogP contribution is 2.19. The molecule has 0 bridgehead atoms. The van der Waals surface area contributed by atoms with Gasteiger partial charge >= 0.3 is 5.97 Å². The van der Waals surface area contributed by atoms with Gasteiger partial charge in [-0.2, -0.15) is 0 Å². The first-order chi connectivity index (χ1) is 10.1. The number of nitrogens with one attached hydrogen (secondary N) is 1. The van der Waals surface area contributed by atoms with E-state index in [1.807, 2.05) is 18.2 Å². The second-order valence-corrected chi connectivity index (χ2v) is 4.84. The van der Waals surface area contributed by atoms with E-state index in [2.05, 4.69) is 5.32 Å². The number of benzene rings is 2. The molecule has 0 aliphatic heterocycles. The van der Waals surface area contributed by atoms with Crippen LogP contribution in [0.5, 0.6) is 0 Å². The van der Waals surface area contributed by atoms with Crippen LogP contribution in [0, 0.1) is 0 Å². The predicted molar refractivity (Wildman–Crippen MR) is 81.3 cm³/mol. The lowest BCUT2D eigenvalue weighted by Gasteiger charge is -2.11. The number of anilines is 1. The molecule has 5 heteroatoms. The summed E-state index contributed by atoms with van der Waals surface area (Å²) >= 11 is 5.94. The van der Waals surface area contributed by atoms with Crippen molar-refractivity contribution < 1.29 is 14.3 Å². The summed E-state index contributed by atoms with van der Waals surface area (Å²) in [4.78, 5) is 23.2. The van der Waals surface area contributed by atoms with E-state index >= 15 is 0 Å². The Labute approximate surface area is 127 Å². The van der Waals surface area contributed by atoms with Gasteiger partial charge in [0.05, 0.1) is 0 Å². The molecule has 0 aliphatic carbocycles. The van der Waals surface area contributed by atoms with Gasteiger partial charge in [-0.25, -0.2) is 0 Å². The summed E-state index contributed by atoms with van der Waals surface area (Å²) < 4.78 is 4.95. The van der Waals surface area contributed by atoms with Crippen molar-refractivity contribution in [2.24, 2.45) is 0 Å². The minimum Gasteiger partial charge on any atom is -0.461 e. The van der Waals surface area contributed by atoms with Crippen LogP contribution in [0.1, 0.15) is 22.8 Å². The molecule has 1 N–H and O–H groups in total. The molecule has 1 amide bonds. The van der Waals surface area contributed by atoms with E-state index < -0.39 is 5.97 Å². The number of carbonyl (C=O) groups is 2.